The number of para-hydroxylation sites is 1. The Morgan fingerprint density at radius 3 is 2.82 bits per heavy atom. The fourth-order valence-electron chi connectivity index (χ4n) is 2.19. The third-order valence-corrected chi connectivity index (χ3v) is 2.95. The lowest BCUT2D eigenvalue weighted by Gasteiger charge is -2.05. The quantitative estimate of drug-likeness (QED) is 0.685. The molecule has 0 bridgehead atoms. The van der Waals surface area contributed by atoms with Gasteiger partial charge in [-0.25, -0.2) is 4.98 Å². The first-order valence-electron chi connectivity index (χ1n) is 5.81. The largest absolute Gasteiger partial charge is 0.361 e. The Balaban J connectivity index is 2.33. The minimum atomic E-state index is 0.553. The minimum absolute atomic E-state index is 0.553. The molecule has 0 amide bonds. The van der Waals surface area contributed by atoms with Crippen molar-refractivity contribution in [3.8, 4) is 0 Å². The molecule has 0 unspecified atom stereocenters. The normalized spacial score (nSPS) is 11.4. The molecule has 0 saturated carbocycles. The van der Waals surface area contributed by atoms with Crippen LogP contribution in [0.4, 0.5) is 0 Å². The monoisotopic (exact) mass is 226 g/mol. The van der Waals surface area contributed by atoms with E-state index in [4.69, 9.17) is 4.74 Å². The Morgan fingerprint density at radius 1 is 1.12 bits per heavy atom. The van der Waals surface area contributed by atoms with Crippen LogP contribution in [0.15, 0.2) is 42.6 Å². The molecule has 0 atom stereocenters. The molecule has 0 aliphatic heterocycles. The molecule has 3 nitrogen and oxygen atoms in total. The van der Waals surface area contributed by atoms with Crippen LogP contribution < -0.4 is 0 Å². The second-order valence-corrected chi connectivity index (χ2v) is 3.94. The number of aromatic nitrogens is 2. The van der Waals surface area contributed by atoms with Crippen molar-refractivity contribution in [3.63, 3.8) is 0 Å². The molecule has 17 heavy (non-hydrogen) atoms. The van der Waals surface area contributed by atoms with E-state index < -0.39 is 0 Å². The zero-order valence-corrected chi connectivity index (χ0v) is 9.76. The Bertz CT molecular complexity index is 604. The highest BCUT2D eigenvalue weighted by atomic mass is 16.5. The number of nitrogens with zero attached hydrogens (tertiary/aromatic N) is 2. The van der Waals surface area contributed by atoms with Gasteiger partial charge in [0, 0.05) is 23.6 Å². The van der Waals surface area contributed by atoms with Gasteiger partial charge < -0.3 is 9.30 Å². The average molecular weight is 226 g/mol. The van der Waals surface area contributed by atoms with E-state index in [2.05, 4.69) is 33.8 Å². The summed E-state index contributed by atoms with van der Waals surface area (Å²) in [4.78, 5) is 4.45. The Morgan fingerprint density at radius 2 is 1.94 bits per heavy atom. The summed E-state index contributed by atoms with van der Waals surface area (Å²) in [7, 11) is 0. The van der Waals surface area contributed by atoms with Gasteiger partial charge in [0.2, 0.25) is 0 Å². The van der Waals surface area contributed by atoms with Gasteiger partial charge in [-0.1, -0.05) is 18.2 Å². The summed E-state index contributed by atoms with van der Waals surface area (Å²) in [6.07, 6.45) is 1.82. The van der Waals surface area contributed by atoms with Crippen molar-refractivity contribution in [2.75, 3.05) is 6.61 Å². The Hall–Kier alpha value is -1.87. The van der Waals surface area contributed by atoms with Crippen LogP contribution in [0.5, 0.6) is 0 Å². The lowest BCUT2D eigenvalue weighted by atomic mass is 10.2. The molecule has 3 heteroatoms. The van der Waals surface area contributed by atoms with Crippen LogP contribution in [0.2, 0.25) is 0 Å². The number of rotatable bonds is 3. The van der Waals surface area contributed by atoms with Crippen LogP contribution in [-0.2, 0) is 11.5 Å². The maximum Gasteiger partial charge on any atom is 0.142 e. The third-order valence-electron chi connectivity index (χ3n) is 2.95. The van der Waals surface area contributed by atoms with Crippen LogP contribution in [0.1, 0.15) is 6.92 Å². The van der Waals surface area contributed by atoms with Crippen LogP contribution in [-0.4, -0.2) is 16.2 Å². The molecule has 2 heterocycles. The summed E-state index contributed by atoms with van der Waals surface area (Å²) in [6, 6.07) is 12.4. The van der Waals surface area contributed by atoms with Crippen molar-refractivity contribution in [1.29, 1.82) is 0 Å². The second-order valence-electron chi connectivity index (χ2n) is 3.94. The van der Waals surface area contributed by atoms with E-state index in [0.717, 1.165) is 5.65 Å². The maximum atomic E-state index is 5.52. The van der Waals surface area contributed by atoms with E-state index in [0.29, 0.717) is 13.3 Å². The number of hydrogen-bond donors (Lipinski definition) is 0. The van der Waals surface area contributed by atoms with E-state index in [-0.39, 0.29) is 0 Å². The second kappa shape index (κ2) is 4.18. The van der Waals surface area contributed by atoms with Gasteiger partial charge in [0.05, 0.1) is 5.52 Å². The highest BCUT2D eigenvalue weighted by Gasteiger charge is 2.09. The Kier molecular flexibility index (Phi) is 2.53. The molecule has 0 fully saturated rings. The minimum Gasteiger partial charge on any atom is -0.361 e. The van der Waals surface area contributed by atoms with Crippen molar-refractivity contribution < 1.29 is 4.74 Å². The highest BCUT2D eigenvalue weighted by molar-refractivity contribution is 6.06. The first-order valence-corrected chi connectivity index (χ1v) is 5.81. The number of benzene rings is 1. The fraction of sp³-hybridized carbons (Fsp3) is 0.214. The van der Waals surface area contributed by atoms with Gasteiger partial charge in [0.1, 0.15) is 12.4 Å². The van der Waals surface area contributed by atoms with Gasteiger partial charge in [0.15, 0.2) is 0 Å². The van der Waals surface area contributed by atoms with Crippen LogP contribution in [0, 0.1) is 0 Å². The molecular weight excluding hydrogens is 212 g/mol. The SMILES string of the molecule is CCOCn1c2ccccc2c2cccnc21. The predicted octanol–water partition coefficient (Wildman–Crippen LogP) is 3.18. The highest BCUT2D eigenvalue weighted by Crippen LogP contribution is 2.26. The summed E-state index contributed by atoms with van der Waals surface area (Å²) in [5.41, 5.74) is 2.16. The number of ether oxygens (including phenoxy) is 1. The third kappa shape index (κ3) is 1.59. The van der Waals surface area contributed by atoms with Crippen LogP contribution in [0.25, 0.3) is 21.9 Å². The smallest absolute Gasteiger partial charge is 0.142 e. The van der Waals surface area contributed by atoms with Crippen molar-refractivity contribution in [2.24, 2.45) is 0 Å². The molecule has 0 N–H and O–H groups in total. The summed E-state index contributed by atoms with van der Waals surface area (Å²) in [5.74, 6) is 0. The van der Waals surface area contributed by atoms with Crippen molar-refractivity contribution in [1.82, 2.24) is 9.55 Å². The van der Waals surface area contributed by atoms with Gasteiger partial charge in [-0.05, 0) is 25.1 Å². The van der Waals surface area contributed by atoms with Gasteiger partial charge in [-0.3, -0.25) is 0 Å². The van der Waals surface area contributed by atoms with Crippen LogP contribution >= 0.6 is 0 Å². The summed E-state index contributed by atoms with van der Waals surface area (Å²) in [5, 5.41) is 2.41. The summed E-state index contributed by atoms with van der Waals surface area (Å²) in [6.45, 7) is 3.26. The van der Waals surface area contributed by atoms with E-state index in [1.165, 1.54) is 16.3 Å². The lowest BCUT2D eigenvalue weighted by Crippen LogP contribution is -2.02. The molecule has 0 radical (unpaired) electrons. The predicted molar refractivity (Wildman–Crippen MR) is 68.9 cm³/mol. The molecule has 0 aliphatic rings. The summed E-state index contributed by atoms with van der Waals surface area (Å²) < 4.78 is 7.64. The molecular formula is C14H14N2O. The van der Waals surface area contributed by atoms with Gasteiger partial charge in [0.25, 0.3) is 0 Å². The van der Waals surface area contributed by atoms with Gasteiger partial charge >= 0.3 is 0 Å². The van der Waals surface area contributed by atoms with Crippen molar-refractivity contribution >= 4 is 21.9 Å². The fourth-order valence-corrected chi connectivity index (χ4v) is 2.19. The van der Waals surface area contributed by atoms with E-state index in [1.54, 1.807) is 0 Å². The zero-order valence-electron chi connectivity index (χ0n) is 9.76. The zero-order chi connectivity index (χ0) is 11.7. The molecule has 3 aromatic rings. The number of fused-ring (bicyclic) bond motifs is 3. The first kappa shape index (κ1) is 10.3. The van der Waals surface area contributed by atoms with Gasteiger partial charge in [-0.2, -0.15) is 0 Å². The topological polar surface area (TPSA) is 27.1 Å². The molecule has 2 aromatic heterocycles. The summed E-state index contributed by atoms with van der Waals surface area (Å²) >= 11 is 0. The van der Waals surface area contributed by atoms with E-state index >= 15 is 0 Å². The molecule has 1 aromatic carbocycles. The molecule has 86 valence electrons. The number of hydrogen-bond acceptors (Lipinski definition) is 2. The maximum absolute atomic E-state index is 5.52. The lowest BCUT2D eigenvalue weighted by molar-refractivity contribution is 0.0932. The standard InChI is InChI=1S/C14H14N2O/c1-2-17-10-16-13-8-4-3-6-11(13)12-7-5-9-15-14(12)16/h3-9H,2,10H2,1H3. The van der Waals surface area contributed by atoms with Crippen molar-refractivity contribution in [2.45, 2.75) is 13.7 Å². The average Bonchev–Trinajstić information content (AvgIpc) is 2.71. The van der Waals surface area contributed by atoms with Crippen molar-refractivity contribution in [3.05, 3.63) is 42.6 Å². The van der Waals surface area contributed by atoms with Crippen LogP contribution in [0.3, 0.4) is 0 Å². The van der Waals surface area contributed by atoms with E-state index in [1.807, 2.05) is 25.3 Å². The molecule has 0 aliphatic carbocycles. The molecule has 0 spiro atoms. The number of pyridine rings is 1. The van der Waals surface area contributed by atoms with E-state index in [9.17, 15) is 0 Å². The van der Waals surface area contributed by atoms with Gasteiger partial charge in [-0.15, -0.1) is 0 Å². The Labute approximate surface area is 99.6 Å². The molecule has 3 rings (SSSR count). The molecule has 0 saturated heterocycles. The first-order chi connectivity index (χ1) is 8.42.